The number of rotatable bonds is 3. The fraction of sp³-hybridized carbons (Fsp3) is 0.429. The second kappa shape index (κ2) is 4.56. The molecule has 0 aromatic carbocycles. The van der Waals surface area contributed by atoms with Crippen LogP contribution >= 0.6 is 22.6 Å². The quantitative estimate of drug-likeness (QED) is 0.804. The predicted octanol–water partition coefficient (Wildman–Crippen LogP) is 0.840. The molecule has 0 aliphatic rings. The van der Waals surface area contributed by atoms with Crippen molar-refractivity contribution >= 4 is 28.4 Å². The largest absolute Gasteiger partial charge is 0.365 e. The molecule has 1 unspecified atom stereocenters. The van der Waals surface area contributed by atoms with Crippen LogP contribution < -0.4 is 11.1 Å². The summed E-state index contributed by atoms with van der Waals surface area (Å²) in [5, 5.41) is 3.18. The summed E-state index contributed by atoms with van der Waals surface area (Å²) >= 11 is 2.18. The molecule has 5 heteroatoms. The van der Waals surface area contributed by atoms with Gasteiger partial charge in [-0.2, -0.15) is 0 Å². The first-order chi connectivity index (χ1) is 5.74. The van der Waals surface area contributed by atoms with E-state index in [2.05, 4.69) is 37.9 Å². The highest BCUT2D eigenvalue weighted by Gasteiger charge is 2.03. The van der Waals surface area contributed by atoms with Gasteiger partial charge in [0.15, 0.2) is 0 Å². The maximum atomic E-state index is 5.46. The predicted molar refractivity (Wildman–Crippen MR) is 56.9 cm³/mol. The molecule has 0 radical (unpaired) electrons. The van der Waals surface area contributed by atoms with E-state index in [9.17, 15) is 0 Å². The summed E-state index contributed by atoms with van der Waals surface area (Å²) in [5.41, 5.74) is 5.46. The molecule has 0 spiro atoms. The minimum absolute atomic E-state index is 0.244. The van der Waals surface area contributed by atoms with Crippen LogP contribution in [0.25, 0.3) is 0 Å². The zero-order valence-corrected chi connectivity index (χ0v) is 8.95. The summed E-state index contributed by atoms with van der Waals surface area (Å²) in [5.74, 6) is 0.851. The van der Waals surface area contributed by atoms with Crippen molar-refractivity contribution in [1.29, 1.82) is 0 Å². The van der Waals surface area contributed by atoms with Gasteiger partial charge >= 0.3 is 0 Å². The molecular weight excluding hydrogens is 267 g/mol. The molecule has 0 saturated heterocycles. The lowest BCUT2D eigenvalue weighted by molar-refractivity contribution is 0.795. The van der Waals surface area contributed by atoms with E-state index >= 15 is 0 Å². The Morgan fingerprint density at radius 2 is 2.50 bits per heavy atom. The van der Waals surface area contributed by atoms with Gasteiger partial charge < -0.3 is 11.1 Å². The highest BCUT2D eigenvalue weighted by atomic mass is 127. The van der Waals surface area contributed by atoms with Crippen molar-refractivity contribution in [2.24, 2.45) is 5.73 Å². The monoisotopic (exact) mass is 278 g/mol. The zero-order chi connectivity index (χ0) is 8.97. The van der Waals surface area contributed by atoms with Crippen LogP contribution in [0.1, 0.15) is 6.92 Å². The van der Waals surface area contributed by atoms with Crippen molar-refractivity contribution in [3.8, 4) is 0 Å². The van der Waals surface area contributed by atoms with Gasteiger partial charge in [-0.3, -0.25) is 0 Å². The summed E-state index contributed by atoms with van der Waals surface area (Å²) in [6.45, 7) is 2.61. The molecule has 4 nitrogen and oxygen atoms in total. The smallest absolute Gasteiger partial charge is 0.143 e. The van der Waals surface area contributed by atoms with E-state index in [-0.39, 0.29) is 6.04 Å². The van der Waals surface area contributed by atoms with Gasteiger partial charge in [-0.1, -0.05) is 0 Å². The average molecular weight is 278 g/mol. The lowest BCUT2D eigenvalue weighted by Gasteiger charge is -2.12. The maximum absolute atomic E-state index is 5.46. The molecule has 1 aromatic rings. The second-order valence-corrected chi connectivity index (χ2v) is 3.66. The molecule has 66 valence electrons. The number of hydrogen-bond acceptors (Lipinski definition) is 4. The van der Waals surface area contributed by atoms with Crippen LogP contribution in [0.4, 0.5) is 5.82 Å². The van der Waals surface area contributed by atoms with E-state index in [0.717, 1.165) is 9.39 Å². The number of hydrogen-bond donors (Lipinski definition) is 2. The minimum atomic E-state index is 0.244. The van der Waals surface area contributed by atoms with Crippen molar-refractivity contribution in [3.05, 3.63) is 16.1 Å². The van der Waals surface area contributed by atoms with Crippen molar-refractivity contribution in [2.45, 2.75) is 13.0 Å². The number of nitrogens with one attached hydrogen (secondary N) is 1. The highest BCUT2D eigenvalue weighted by Crippen LogP contribution is 2.12. The van der Waals surface area contributed by atoms with Crippen LogP contribution in [-0.2, 0) is 0 Å². The first-order valence-corrected chi connectivity index (χ1v) is 4.74. The van der Waals surface area contributed by atoms with Gasteiger partial charge in [0.25, 0.3) is 0 Å². The van der Waals surface area contributed by atoms with Gasteiger partial charge in [0, 0.05) is 18.8 Å². The van der Waals surface area contributed by atoms with E-state index in [4.69, 9.17) is 5.73 Å². The third-order valence-electron chi connectivity index (χ3n) is 1.40. The molecule has 1 aromatic heterocycles. The van der Waals surface area contributed by atoms with E-state index in [0.29, 0.717) is 6.54 Å². The molecule has 1 rings (SSSR count). The Hall–Kier alpha value is -0.430. The number of halogens is 1. The molecule has 3 N–H and O–H groups in total. The SMILES string of the molecule is CC(CN)Nc1ncncc1I. The van der Waals surface area contributed by atoms with Crippen molar-refractivity contribution < 1.29 is 0 Å². The van der Waals surface area contributed by atoms with Gasteiger partial charge in [-0.25, -0.2) is 9.97 Å². The van der Waals surface area contributed by atoms with Gasteiger partial charge in [-0.15, -0.1) is 0 Å². The van der Waals surface area contributed by atoms with Crippen LogP contribution in [-0.4, -0.2) is 22.6 Å². The lowest BCUT2D eigenvalue weighted by atomic mass is 10.3. The Morgan fingerprint density at radius 3 is 3.08 bits per heavy atom. The van der Waals surface area contributed by atoms with Crippen LogP contribution in [0.5, 0.6) is 0 Å². The maximum Gasteiger partial charge on any atom is 0.143 e. The average Bonchev–Trinajstić information content (AvgIpc) is 2.09. The Labute approximate surface area is 85.1 Å². The number of anilines is 1. The number of nitrogens with zero attached hydrogens (tertiary/aromatic N) is 2. The highest BCUT2D eigenvalue weighted by molar-refractivity contribution is 14.1. The molecular formula is C7H11IN4. The molecule has 12 heavy (non-hydrogen) atoms. The summed E-state index contributed by atoms with van der Waals surface area (Å²) < 4.78 is 1.01. The molecule has 0 saturated carbocycles. The third kappa shape index (κ3) is 2.56. The lowest BCUT2D eigenvalue weighted by Crippen LogP contribution is -2.26. The van der Waals surface area contributed by atoms with E-state index in [1.807, 2.05) is 6.92 Å². The molecule has 0 aliphatic heterocycles. The third-order valence-corrected chi connectivity index (χ3v) is 2.19. The van der Waals surface area contributed by atoms with Gasteiger partial charge in [0.05, 0.1) is 3.57 Å². The summed E-state index contributed by atoms with van der Waals surface area (Å²) in [4.78, 5) is 7.97. The summed E-state index contributed by atoms with van der Waals surface area (Å²) in [7, 11) is 0. The Bertz CT molecular complexity index is 253. The van der Waals surface area contributed by atoms with Crippen LogP contribution in [0, 0.1) is 3.57 Å². The fourth-order valence-corrected chi connectivity index (χ4v) is 1.17. The van der Waals surface area contributed by atoms with Crippen molar-refractivity contribution in [1.82, 2.24) is 9.97 Å². The fourth-order valence-electron chi connectivity index (χ4n) is 0.711. The minimum Gasteiger partial charge on any atom is -0.365 e. The van der Waals surface area contributed by atoms with Crippen LogP contribution in [0.2, 0.25) is 0 Å². The summed E-state index contributed by atoms with van der Waals surface area (Å²) in [6, 6.07) is 0.244. The molecule has 1 atom stereocenters. The number of nitrogens with two attached hydrogens (primary N) is 1. The Morgan fingerprint density at radius 1 is 1.75 bits per heavy atom. The molecule has 0 aliphatic carbocycles. The topological polar surface area (TPSA) is 63.8 Å². The van der Waals surface area contributed by atoms with Crippen molar-refractivity contribution in [3.63, 3.8) is 0 Å². The normalized spacial score (nSPS) is 12.6. The second-order valence-electron chi connectivity index (χ2n) is 2.50. The van der Waals surface area contributed by atoms with Gasteiger partial charge in [0.1, 0.15) is 12.1 Å². The molecule has 1 heterocycles. The van der Waals surface area contributed by atoms with Gasteiger partial charge in [-0.05, 0) is 29.5 Å². The summed E-state index contributed by atoms with van der Waals surface area (Å²) in [6.07, 6.45) is 3.28. The van der Waals surface area contributed by atoms with E-state index in [1.54, 1.807) is 6.20 Å². The Balaban J connectivity index is 2.69. The molecule has 0 fully saturated rings. The first kappa shape index (κ1) is 9.66. The van der Waals surface area contributed by atoms with E-state index < -0.39 is 0 Å². The standard InChI is InChI=1S/C7H11IN4/c1-5(2-9)12-7-6(8)3-10-4-11-7/h3-5H,2,9H2,1H3,(H,10,11,12). The molecule has 0 bridgehead atoms. The zero-order valence-electron chi connectivity index (χ0n) is 6.79. The molecule has 0 amide bonds. The Kier molecular flexibility index (Phi) is 3.67. The van der Waals surface area contributed by atoms with E-state index in [1.165, 1.54) is 6.33 Å². The van der Waals surface area contributed by atoms with Gasteiger partial charge in [0.2, 0.25) is 0 Å². The van der Waals surface area contributed by atoms with Crippen LogP contribution in [0.3, 0.4) is 0 Å². The number of aromatic nitrogens is 2. The first-order valence-electron chi connectivity index (χ1n) is 3.66. The van der Waals surface area contributed by atoms with Crippen LogP contribution in [0.15, 0.2) is 12.5 Å². The van der Waals surface area contributed by atoms with Crippen molar-refractivity contribution in [2.75, 3.05) is 11.9 Å².